The molecule has 1 fully saturated rings. The van der Waals surface area contributed by atoms with Gasteiger partial charge in [-0.25, -0.2) is 9.18 Å². The van der Waals surface area contributed by atoms with Crippen molar-refractivity contribution in [3.8, 4) is 5.75 Å². The molecule has 1 amide bonds. The van der Waals surface area contributed by atoms with Gasteiger partial charge in [0.05, 0.1) is 19.6 Å². The molecule has 1 saturated heterocycles. The van der Waals surface area contributed by atoms with Gasteiger partial charge >= 0.3 is 5.97 Å². The zero-order chi connectivity index (χ0) is 16.1. The van der Waals surface area contributed by atoms with Gasteiger partial charge in [0.15, 0.2) is 17.6 Å². The second-order valence-corrected chi connectivity index (χ2v) is 5.09. The molecule has 2 atom stereocenters. The molecule has 0 unspecified atom stereocenters. The SMILES string of the molecule is COc1ccc([C@H](NC(=O)[C@H]2CCCOC2)C(=O)O)cc1F. The van der Waals surface area contributed by atoms with Gasteiger partial charge in [0, 0.05) is 6.61 Å². The number of halogens is 1. The fraction of sp³-hybridized carbons (Fsp3) is 0.467. The van der Waals surface area contributed by atoms with Crippen molar-refractivity contribution < 1.29 is 28.6 Å². The van der Waals surface area contributed by atoms with Crippen molar-refractivity contribution in [2.24, 2.45) is 5.92 Å². The number of benzene rings is 1. The number of carboxylic acids is 1. The summed E-state index contributed by atoms with van der Waals surface area (Å²) >= 11 is 0. The minimum atomic E-state index is -1.31. The van der Waals surface area contributed by atoms with E-state index in [4.69, 9.17) is 9.47 Å². The lowest BCUT2D eigenvalue weighted by atomic mass is 9.99. The van der Waals surface area contributed by atoms with Crippen molar-refractivity contribution in [1.29, 1.82) is 0 Å². The molecule has 1 aliphatic rings. The molecule has 1 aliphatic heterocycles. The normalized spacial score (nSPS) is 19.3. The first-order chi connectivity index (χ1) is 10.5. The fourth-order valence-corrected chi connectivity index (χ4v) is 2.36. The number of carboxylic acid groups (broad SMARTS) is 1. The fourth-order valence-electron chi connectivity index (χ4n) is 2.36. The number of ether oxygens (including phenoxy) is 2. The molecule has 120 valence electrons. The molecule has 0 aliphatic carbocycles. The quantitative estimate of drug-likeness (QED) is 0.861. The number of amides is 1. The molecule has 2 rings (SSSR count). The third kappa shape index (κ3) is 3.73. The Kier molecular flexibility index (Phi) is 5.32. The van der Waals surface area contributed by atoms with E-state index in [2.05, 4.69) is 5.32 Å². The van der Waals surface area contributed by atoms with Crippen molar-refractivity contribution in [1.82, 2.24) is 5.32 Å². The molecule has 1 aromatic rings. The molecular formula is C15H18FNO5. The zero-order valence-electron chi connectivity index (χ0n) is 12.2. The number of carbonyl (C=O) groups excluding carboxylic acids is 1. The Balaban J connectivity index is 2.14. The third-order valence-electron chi connectivity index (χ3n) is 3.57. The number of aliphatic carboxylic acids is 1. The highest BCUT2D eigenvalue weighted by atomic mass is 19.1. The van der Waals surface area contributed by atoms with Crippen LogP contribution in [0.25, 0.3) is 0 Å². The standard InChI is InChI=1S/C15H18FNO5/c1-21-12-5-4-9(7-11(12)16)13(15(19)20)17-14(18)10-3-2-6-22-8-10/h4-5,7,10,13H,2-3,6,8H2,1H3,(H,17,18)(H,19,20)/t10-,13-/m0/s1. The first kappa shape index (κ1) is 16.2. The Morgan fingerprint density at radius 1 is 1.50 bits per heavy atom. The van der Waals surface area contributed by atoms with Gasteiger partial charge in [-0.3, -0.25) is 4.79 Å². The average Bonchev–Trinajstić information content (AvgIpc) is 2.52. The summed E-state index contributed by atoms with van der Waals surface area (Å²) in [6.07, 6.45) is 1.40. The smallest absolute Gasteiger partial charge is 0.330 e. The Hall–Kier alpha value is -2.15. The number of methoxy groups -OCH3 is 1. The third-order valence-corrected chi connectivity index (χ3v) is 3.57. The summed E-state index contributed by atoms with van der Waals surface area (Å²) in [5.74, 6) is -2.70. The molecule has 0 saturated carbocycles. The molecule has 22 heavy (non-hydrogen) atoms. The molecule has 0 spiro atoms. The highest BCUT2D eigenvalue weighted by Gasteiger charge is 2.28. The molecule has 0 radical (unpaired) electrons. The van der Waals surface area contributed by atoms with Gasteiger partial charge < -0.3 is 19.9 Å². The summed E-state index contributed by atoms with van der Waals surface area (Å²) in [7, 11) is 1.32. The Morgan fingerprint density at radius 2 is 2.27 bits per heavy atom. The van der Waals surface area contributed by atoms with Crippen LogP contribution in [0.3, 0.4) is 0 Å². The van der Waals surface area contributed by atoms with E-state index in [9.17, 15) is 19.1 Å². The number of hydrogen-bond acceptors (Lipinski definition) is 4. The maximum absolute atomic E-state index is 13.7. The van der Waals surface area contributed by atoms with E-state index in [-0.39, 0.29) is 23.8 Å². The lowest BCUT2D eigenvalue weighted by molar-refractivity contribution is -0.143. The molecule has 2 N–H and O–H groups in total. The van der Waals surface area contributed by atoms with Crippen molar-refractivity contribution in [2.45, 2.75) is 18.9 Å². The minimum absolute atomic E-state index is 0.0138. The average molecular weight is 311 g/mol. The minimum Gasteiger partial charge on any atom is -0.494 e. The van der Waals surface area contributed by atoms with Gasteiger partial charge in [0.2, 0.25) is 5.91 Å². The summed E-state index contributed by atoms with van der Waals surface area (Å²) in [6.45, 7) is 0.880. The molecule has 7 heteroatoms. The molecular weight excluding hydrogens is 293 g/mol. The predicted octanol–water partition coefficient (Wildman–Crippen LogP) is 1.50. The predicted molar refractivity (Wildman–Crippen MR) is 75.0 cm³/mol. The lowest BCUT2D eigenvalue weighted by Crippen LogP contribution is -2.40. The van der Waals surface area contributed by atoms with Crippen LogP contribution in [0.15, 0.2) is 18.2 Å². The highest BCUT2D eigenvalue weighted by Crippen LogP contribution is 2.23. The summed E-state index contributed by atoms with van der Waals surface area (Å²) < 4.78 is 23.7. The number of rotatable bonds is 5. The lowest BCUT2D eigenvalue weighted by Gasteiger charge is -2.23. The van der Waals surface area contributed by atoms with Crippen LogP contribution < -0.4 is 10.1 Å². The second-order valence-electron chi connectivity index (χ2n) is 5.09. The van der Waals surface area contributed by atoms with E-state index in [0.29, 0.717) is 13.0 Å². The Bertz CT molecular complexity index is 557. The first-order valence-electron chi connectivity index (χ1n) is 6.97. The molecule has 6 nitrogen and oxygen atoms in total. The van der Waals surface area contributed by atoms with Crippen molar-refractivity contribution in [3.63, 3.8) is 0 Å². The summed E-state index contributed by atoms with van der Waals surface area (Å²) in [5, 5.41) is 11.7. The van der Waals surface area contributed by atoms with Crippen molar-refractivity contribution in [3.05, 3.63) is 29.6 Å². The van der Waals surface area contributed by atoms with E-state index < -0.39 is 23.7 Å². The van der Waals surface area contributed by atoms with Gasteiger partial charge in [0.25, 0.3) is 0 Å². The van der Waals surface area contributed by atoms with Crippen LogP contribution in [0.1, 0.15) is 24.4 Å². The number of nitrogens with one attached hydrogen (secondary N) is 1. The summed E-state index contributed by atoms with van der Waals surface area (Å²) in [4.78, 5) is 23.5. The molecule has 0 aromatic heterocycles. The Morgan fingerprint density at radius 3 is 2.82 bits per heavy atom. The van der Waals surface area contributed by atoms with Crippen LogP contribution in [-0.2, 0) is 14.3 Å². The van der Waals surface area contributed by atoms with Crippen LogP contribution in [0.5, 0.6) is 5.75 Å². The molecule has 0 bridgehead atoms. The van der Waals surface area contributed by atoms with Crippen molar-refractivity contribution >= 4 is 11.9 Å². The second kappa shape index (κ2) is 7.22. The summed E-state index contributed by atoms with van der Waals surface area (Å²) in [6, 6.07) is 2.49. The van der Waals surface area contributed by atoms with E-state index in [1.807, 2.05) is 0 Å². The van der Waals surface area contributed by atoms with Gasteiger partial charge in [-0.15, -0.1) is 0 Å². The van der Waals surface area contributed by atoms with E-state index in [0.717, 1.165) is 12.5 Å². The van der Waals surface area contributed by atoms with Crippen LogP contribution in [0.4, 0.5) is 4.39 Å². The largest absolute Gasteiger partial charge is 0.494 e. The van der Waals surface area contributed by atoms with Crippen LogP contribution in [0.2, 0.25) is 0 Å². The monoisotopic (exact) mass is 311 g/mol. The zero-order valence-corrected chi connectivity index (χ0v) is 12.2. The molecule has 1 aromatic carbocycles. The number of carbonyl (C=O) groups is 2. The van der Waals surface area contributed by atoms with Gasteiger partial charge in [-0.2, -0.15) is 0 Å². The topological polar surface area (TPSA) is 84.9 Å². The van der Waals surface area contributed by atoms with Crippen LogP contribution >= 0.6 is 0 Å². The first-order valence-corrected chi connectivity index (χ1v) is 6.97. The van der Waals surface area contributed by atoms with Gasteiger partial charge in [0.1, 0.15) is 0 Å². The maximum Gasteiger partial charge on any atom is 0.330 e. The maximum atomic E-state index is 13.7. The van der Waals surface area contributed by atoms with Crippen LogP contribution in [-0.4, -0.2) is 37.3 Å². The van der Waals surface area contributed by atoms with E-state index in [1.165, 1.54) is 19.2 Å². The van der Waals surface area contributed by atoms with Gasteiger partial charge in [-0.1, -0.05) is 6.07 Å². The van der Waals surface area contributed by atoms with Crippen LogP contribution in [0, 0.1) is 11.7 Å². The Labute approximate surface area is 127 Å². The van der Waals surface area contributed by atoms with Gasteiger partial charge in [-0.05, 0) is 30.5 Å². The van der Waals surface area contributed by atoms with E-state index in [1.54, 1.807) is 0 Å². The van der Waals surface area contributed by atoms with Crippen molar-refractivity contribution in [2.75, 3.05) is 20.3 Å². The number of hydrogen-bond donors (Lipinski definition) is 2. The highest BCUT2D eigenvalue weighted by molar-refractivity contribution is 5.86. The molecule has 1 heterocycles. The van der Waals surface area contributed by atoms with E-state index >= 15 is 0 Å². The summed E-state index contributed by atoms with van der Waals surface area (Å²) in [5.41, 5.74) is 0.149.